The summed E-state index contributed by atoms with van der Waals surface area (Å²) >= 11 is 0. The highest BCUT2D eigenvalue weighted by Gasteiger charge is 2.23. The van der Waals surface area contributed by atoms with Gasteiger partial charge in [0.05, 0.1) is 11.0 Å². The van der Waals surface area contributed by atoms with Crippen LogP contribution in [0.3, 0.4) is 0 Å². The van der Waals surface area contributed by atoms with E-state index in [1.807, 2.05) is 18.2 Å². The standard InChI is InChI=1S/C16H18N6O/c23-15(9-21-11-17-10-18-21)20-16-19-13-7-3-4-8-14(13)22(16)12-5-1-2-6-12/h3-4,7-8,10-12H,1-2,5-6,9H2,(H,19,20,23). The third-order valence-corrected chi connectivity index (χ3v) is 4.31. The van der Waals surface area contributed by atoms with Crippen LogP contribution in [0.5, 0.6) is 0 Å². The summed E-state index contributed by atoms with van der Waals surface area (Å²) in [5.41, 5.74) is 1.99. The summed E-state index contributed by atoms with van der Waals surface area (Å²) in [5.74, 6) is 0.480. The SMILES string of the molecule is O=C(Cn1cncn1)Nc1nc2ccccc2n1C1CCCC1. The molecule has 0 spiro atoms. The first-order valence-corrected chi connectivity index (χ1v) is 7.90. The van der Waals surface area contributed by atoms with Gasteiger partial charge in [0.1, 0.15) is 19.2 Å². The number of aromatic nitrogens is 5. The van der Waals surface area contributed by atoms with Crippen LogP contribution in [0, 0.1) is 0 Å². The molecule has 1 aliphatic rings. The van der Waals surface area contributed by atoms with Gasteiger partial charge in [-0.2, -0.15) is 5.10 Å². The van der Waals surface area contributed by atoms with E-state index in [1.54, 1.807) is 0 Å². The monoisotopic (exact) mass is 310 g/mol. The first kappa shape index (κ1) is 13.9. The second-order valence-corrected chi connectivity index (χ2v) is 5.87. The smallest absolute Gasteiger partial charge is 0.248 e. The van der Waals surface area contributed by atoms with Crippen LogP contribution in [0.1, 0.15) is 31.7 Å². The number of nitrogens with one attached hydrogen (secondary N) is 1. The van der Waals surface area contributed by atoms with Gasteiger partial charge in [-0.05, 0) is 25.0 Å². The van der Waals surface area contributed by atoms with Gasteiger partial charge in [0, 0.05) is 6.04 Å². The van der Waals surface area contributed by atoms with Gasteiger partial charge in [-0.3, -0.25) is 10.1 Å². The normalized spacial score (nSPS) is 15.3. The minimum absolute atomic E-state index is 0.133. The molecule has 1 amide bonds. The fourth-order valence-electron chi connectivity index (χ4n) is 3.29. The lowest BCUT2D eigenvalue weighted by atomic mass is 10.2. The van der Waals surface area contributed by atoms with Gasteiger partial charge in [-0.15, -0.1) is 0 Å². The van der Waals surface area contributed by atoms with Gasteiger partial charge in [-0.25, -0.2) is 14.6 Å². The van der Waals surface area contributed by atoms with E-state index in [-0.39, 0.29) is 12.5 Å². The third kappa shape index (κ3) is 2.69. The van der Waals surface area contributed by atoms with Crippen LogP contribution in [0.25, 0.3) is 11.0 Å². The van der Waals surface area contributed by atoms with Gasteiger partial charge in [-0.1, -0.05) is 25.0 Å². The number of hydrogen-bond acceptors (Lipinski definition) is 4. The Hall–Kier alpha value is -2.70. The maximum absolute atomic E-state index is 12.3. The largest absolute Gasteiger partial charge is 0.307 e. The molecule has 118 valence electrons. The number of fused-ring (bicyclic) bond motifs is 1. The summed E-state index contributed by atoms with van der Waals surface area (Å²) in [6.45, 7) is 0.133. The molecule has 0 unspecified atom stereocenters. The molecule has 2 aromatic heterocycles. The number of para-hydroxylation sites is 2. The third-order valence-electron chi connectivity index (χ3n) is 4.31. The molecular weight excluding hydrogens is 292 g/mol. The van der Waals surface area contributed by atoms with Crippen LogP contribution in [-0.4, -0.2) is 30.2 Å². The van der Waals surface area contributed by atoms with E-state index in [9.17, 15) is 4.79 Å². The van der Waals surface area contributed by atoms with E-state index in [1.165, 1.54) is 30.2 Å². The minimum Gasteiger partial charge on any atom is -0.307 e. The summed E-state index contributed by atoms with van der Waals surface area (Å²) < 4.78 is 3.68. The van der Waals surface area contributed by atoms with Crippen molar-refractivity contribution in [2.45, 2.75) is 38.3 Å². The fourth-order valence-corrected chi connectivity index (χ4v) is 3.29. The molecule has 1 N–H and O–H groups in total. The first-order valence-electron chi connectivity index (χ1n) is 7.90. The molecule has 0 saturated heterocycles. The lowest BCUT2D eigenvalue weighted by molar-refractivity contribution is -0.117. The van der Waals surface area contributed by atoms with Crippen LogP contribution in [-0.2, 0) is 11.3 Å². The number of anilines is 1. The number of amides is 1. The molecule has 7 heteroatoms. The maximum Gasteiger partial charge on any atom is 0.248 e. The number of hydrogen-bond donors (Lipinski definition) is 1. The molecular formula is C16H18N6O. The zero-order valence-electron chi connectivity index (χ0n) is 12.7. The highest BCUT2D eigenvalue weighted by atomic mass is 16.2. The fraction of sp³-hybridized carbons (Fsp3) is 0.375. The molecule has 0 aliphatic heterocycles. The Morgan fingerprint density at radius 3 is 2.87 bits per heavy atom. The number of carbonyl (C=O) groups excluding carboxylic acids is 1. The molecule has 1 saturated carbocycles. The Bertz CT molecular complexity index is 816. The Morgan fingerprint density at radius 1 is 1.26 bits per heavy atom. The van der Waals surface area contributed by atoms with Crippen LogP contribution in [0.15, 0.2) is 36.9 Å². The summed E-state index contributed by atoms with van der Waals surface area (Å²) in [4.78, 5) is 20.7. The van der Waals surface area contributed by atoms with E-state index < -0.39 is 0 Å². The van der Waals surface area contributed by atoms with Crippen LogP contribution < -0.4 is 5.32 Å². The van der Waals surface area contributed by atoms with E-state index in [4.69, 9.17) is 0 Å². The molecule has 23 heavy (non-hydrogen) atoms. The first-order chi connectivity index (χ1) is 11.3. The molecule has 0 radical (unpaired) electrons. The second kappa shape index (κ2) is 5.83. The zero-order valence-corrected chi connectivity index (χ0v) is 12.7. The second-order valence-electron chi connectivity index (χ2n) is 5.87. The number of nitrogens with zero attached hydrogens (tertiary/aromatic N) is 5. The van der Waals surface area contributed by atoms with Crippen molar-refractivity contribution in [2.24, 2.45) is 0 Å². The highest BCUT2D eigenvalue weighted by molar-refractivity contribution is 5.91. The summed E-state index contributed by atoms with van der Waals surface area (Å²) in [6.07, 6.45) is 7.66. The summed E-state index contributed by atoms with van der Waals surface area (Å²) in [5, 5.41) is 6.90. The van der Waals surface area contributed by atoms with Crippen molar-refractivity contribution in [1.29, 1.82) is 0 Å². The number of imidazole rings is 1. The van der Waals surface area contributed by atoms with Crippen molar-refractivity contribution >= 4 is 22.9 Å². The molecule has 1 aromatic carbocycles. The molecule has 7 nitrogen and oxygen atoms in total. The van der Waals surface area contributed by atoms with Gasteiger partial charge >= 0.3 is 0 Å². The van der Waals surface area contributed by atoms with Crippen molar-refractivity contribution in [2.75, 3.05) is 5.32 Å². The topological polar surface area (TPSA) is 77.6 Å². The van der Waals surface area contributed by atoms with E-state index in [0.29, 0.717) is 12.0 Å². The lowest BCUT2D eigenvalue weighted by Gasteiger charge is -2.16. The Labute approximate surface area is 133 Å². The molecule has 3 aromatic rings. The Balaban J connectivity index is 1.65. The average molecular weight is 310 g/mol. The van der Waals surface area contributed by atoms with Crippen molar-refractivity contribution in [3.8, 4) is 0 Å². The van der Waals surface area contributed by atoms with Gasteiger partial charge < -0.3 is 4.57 Å². The van der Waals surface area contributed by atoms with Gasteiger partial charge in [0.2, 0.25) is 11.9 Å². The average Bonchev–Trinajstić information content (AvgIpc) is 3.26. The molecule has 1 aliphatic carbocycles. The molecule has 0 bridgehead atoms. The molecule has 2 heterocycles. The van der Waals surface area contributed by atoms with Gasteiger partial charge in [0.25, 0.3) is 0 Å². The number of benzene rings is 1. The van der Waals surface area contributed by atoms with Crippen LogP contribution >= 0.6 is 0 Å². The van der Waals surface area contributed by atoms with Crippen molar-refractivity contribution < 1.29 is 4.79 Å². The predicted molar refractivity (Wildman–Crippen MR) is 85.9 cm³/mol. The Morgan fingerprint density at radius 2 is 2.09 bits per heavy atom. The molecule has 0 atom stereocenters. The molecule has 4 rings (SSSR count). The van der Waals surface area contributed by atoms with Crippen molar-refractivity contribution in [1.82, 2.24) is 24.3 Å². The predicted octanol–water partition coefficient (Wildman–Crippen LogP) is 2.38. The van der Waals surface area contributed by atoms with Crippen molar-refractivity contribution in [3.05, 3.63) is 36.9 Å². The van der Waals surface area contributed by atoms with Crippen molar-refractivity contribution in [3.63, 3.8) is 0 Å². The minimum atomic E-state index is -0.148. The quantitative estimate of drug-likeness (QED) is 0.802. The van der Waals surface area contributed by atoms with E-state index in [2.05, 4.69) is 31.0 Å². The number of carbonyl (C=O) groups is 1. The lowest BCUT2D eigenvalue weighted by Crippen LogP contribution is -2.22. The number of rotatable bonds is 4. The van der Waals surface area contributed by atoms with E-state index in [0.717, 1.165) is 23.9 Å². The molecule has 1 fully saturated rings. The van der Waals surface area contributed by atoms with Crippen LogP contribution in [0.2, 0.25) is 0 Å². The van der Waals surface area contributed by atoms with Crippen LogP contribution in [0.4, 0.5) is 5.95 Å². The zero-order chi connectivity index (χ0) is 15.6. The van der Waals surface area contributed by atoms with E-state index >= 15 is 0 Å². The summed E-state index contributed by atoms with van der Waals surface area (Å²) in [7, 11) is 0. The Kier molecular flexibility index (Phi) is 3.53. The van der Waals surface area contributed by atoms with Gasteiger partial charge in [0.15, 0.2) is 0 Å². The summed E-state index contributed by atoms with van der Waals surface area (Å²) in [6, 6.07) is 8.43. The highest BCUT2D eigenvalue weighted by Crippen LogP contribution is 2.35. The maximum atomic E-state index is 12.3.